The molecule has 0 bridgehead atoms. The molecule has 1 heterocycles. The Hall–Kier alpha value is -0.120. The summed E-state index contributed by atoms with van der Waals surface area (Å²) >= 11 is 0. The van der Waals surface area contributed by atoms with E-state index in [1.165, 1.54) is 25.7 Å². The first kappa shape index (κ1) is 11.4. The van der Waals surface area contributed by atoms with E-state index in [4.69, 9.17) is 9.47 Å². The third-order valence-electron chi connectivity index (χ3n) is 3.55. The Morgan fingerprint density at radius 2 is 2.00 bits per heavy atom. The van der Waals surface area contributed by atoms with Gasteiger partial charge < -0.3 is 14.8 Å². The normalized spacial score (nSPS) is 25.4. The lowest BCUT2D eigenvalue weighted by Crippen LogP contribution is -2.33. The predicted octanol–water partition coefficient (Wildman–Crippen LogP) is 1.43. The monoisotopic (exact) mass is 213 g/mol. The van der Waals surface area contributed by atoms with Crippen LogP contribution in [0.15, 0.2) is 0 Å². The molecule has 1 atom stereocenters. The molecule has 0 aromatic rings. The zero-order chi connectivity index (χ0) is 10.5. The largest absolute Gasteiger partial charge is 0.381 e. The summed E-state index contributed by atoms with van der Waals surface area (Å²) in [4.78, 5) is 0. The van der Waals surface area contributed by atoms with Crippen LogP contribution in [0.2, 0.25) is 0 Å². The number of ether oxygens (including phenoxy) is 2. The molecule has 1 aliphatic heterocycles. The molecular formula is C12H23NO2. The molecule has 0 spiro atoms. The van der Waals surface area contributed by atoms with Crippen LogP contribution in [-0.2, 0) is 9.47 Å². The van der Waals surface area contributed by atoms with Crippen molar-refractivity contribution in [2.75, 3.05) is 33.5 Å². The molecule has 1 aliphatic carbocycles. The third-order valence-corrected chi connectivity index (χ3v) is 3.55. The van der Waals surface area contributed by atoms with E-state index in [1.54, 1.807) is 0 Å². The van der Waals surface area contributed by atoms with Crippen LogP contribution in [0.1, 0.15) is 25.7 Å². The molecule has 2 fully saturated rings. The molecule has 0 amide bonds. The van der Waals surface area contributed by atoms with Crippen LogP contribution in [0.25, 0.3) is 0 Å². The summed E-state index contributed by atoms with van der Waals surface area (Å²) in [6.45, 7) is 3.66. The van der Waals surface area contributed by atoms with Gasteiger partial charge in [0.2, 0.25) is 0 Å². The van der Waals surface area contributed by atoms with Crippen molar-refractivity contribution in [1.82, 2.24) is 5.32 Å². The average Bonchev–Trinajstić information content (AvgIpc) is 3.10. The molecule has 3 nitrogen and oxygen atoms in total. The van der Waals surface area contributed by atoms with Crippen LogP contribution in [0, 0.1) is 11.8 Å². The molecule has 1 unspecified atom stereocenters. The van der Waals surface area contributed by atoms with Gasteiger partial charge in [0, 0.05) is 25.9 Å². The van der Waals surface area contributed by atoms with E-state index in [0.29, 0.717) is 6.04 Å². The van der Waals surface area contributed by atoms with E-state index >= 15 is 0 Å². The highest BCUT2D eigenvalue weighted by atomic mass is 16.5. The van der Waals surface area contributed by atoms with Gasteiger partial charge in [-0.25, -0.2) is 0 Å². The Morgan fingerprint density at radius 3 is 2.60 bits per heavy atom. The second-order valence-electron chi connectivity index (χ2n) is 4.83. The van der Waals surface area contributed by atoms with E-state index in [9.17, 15) is 0 Å². The molecule has 1 N–H and O–H groups in total. The highest BCUT2D eigenvalue weighted by Gasteiger charge is 2.30. The molecule has 1 saturated heterocycles. The first-order valence-corrected chi connectivity index (χ1v) is 6.23. The molecule has 2 rings (SSSR count). The molecule has 0 aromatic carbocycles. The maximum absolute atomic E-state index is 5.81. The van der Waals surface area contributed by atoms with Crippen molar-refractivity contribution in [2.24, 2.45) is 11.8 Å². The van der Waals surface area contributed by atoms with Crippen LogP contribution in [-0.4, -0.2) is 39.5 Å². The number of rotatable bonds is 6. The van der Waals surface area contributed by atoms with Crippen LogP contribution in [0.4, 0.5) is 0 Å². The lowest BCUT2D eigenvalue weighted by molar-refractivity contribution is 0.0143. The zero-order valence-electron chi connectivity index (χ0n) is 9.71. The molecule has 0 radical (unpaired) electrons. The van der Waals surface area contributed by atoms with Gasteiger partial charge in [-0.05, 0) is 44.6 Å². The minimum absolute atomic E-state index is 0.588. The Balaban J connectivity index is 1.56. The topological polar surface area (TPSA) is 30.5 Å². The summed E-state index contributed by atoms with van der Waals surface area (Å²) in [5.74, 6) is 1.61. The minimum atomic E-state index is 0.588. The summed E-state index contributed by atoms with van der Waals surface area (Å²) in [6, 6.07) is 0.588. The maximum Gasteiger partial charge on any atom is 0.0622 e. The SMILES string of the molecule is CNC(COCC1CCOCC1)C1CC1. The highest BCUT2D eigenvalue weighted by molar-refractivity contribution is 4.85. The Bertz CT molecular complexity index is 176. The van der Waals surface area contributed by atoms with Gasteiger partial charge in [-0.3, -0.25) is 0 Å². The molecule has 0 aromatic heterocycles. The van der Waals surface area contributed by atoms with E-state index in [-0.39, 0.29) is 0 Å². The number of hydrogen-bond donors (Lipinski definition) is 1. The smallest absolute Gasteiger partial charge is 0.0622 e. The maximum atomic E-state index is 5.81. The van der Waals surface area contributed by atoms with Gasteiger partial charge in [-0.2, -0.15) is 0 Å². The Morgan fingerprint density at radius 1 is 1.27 bits per heavy atom. The summed E-state index contributed by atoms with van der Waals surface area (Å²) < 4.78 is 11.1. The Labute approximate surface area is 92.5 Å². The van der Waals surface area contributed by atoms with Gasteiger partial charge in [-0.15, -0.1) is 0 Å². The quantitative estimate of drug-likeness (QED) is 0.724. The predicted molar refractivity (Wildman–Crippen MR) is 59.9 cm³/mol. The summed E-state index contributed by atoms with van der Waals surface area (Å²) in [5, 5.41) is 3.35. The summed E-state index contributed by atoms with van der Waals surface area (Å²) in [7, 11) is 2.04. The van der Waals surface area contributed by atoms with Crippen LogP contribution in [0.5, 0.6) is 0 Å². The standard InChI is InChI=1S/C12H23NO2/c1-13-12(11-2-3-11)9-15-8-10-4-6-14-7-5-10/h10-13H,2-9H2,1H3. The first-order chi connectivity index (χ1) is 7.40. The van der Waals surface area contributed by atoms with Crippen molar-refractivity contribution in [3.05, 3.63) is 0 Å². The number of hydrogen-bond acceptors (Lipinski definition) is 3. The molecule has 3 heteroatoms. The van der Waals surface area contributed by atoms with Crippen molar-refractivity contribution < 1.29 is 9.47 Å². The third kappa shape index (κ3) is 3.74. The molecule has 2 aliphatic rings. The van der Waals surface area contributed by atoms with Crippen LogP contribution < -0.4 is 5.32 Å². The van der Waals surface area contributed by atoms with Crippen LogP contribution >= 0.6 is 0 Å². The van der Waals surface area contributed by atoms with Crippen molar-refractivity contribution >= 4 is 0 Å². The fourth-order valence-corrected chi connectivity index (χ4v) is 2.23. The van der Waals surface area contributed by atoms with Gasteiger partial charge in [-0.1, -0.05) is 0 Å². The highest BCUT2D eigenvalue weighted by Crippen LogP contribution is 2.32. The number of nitrogens with one attached hydrogen (secondary N) is 1. The van der Waals surface area contributed by atoms with Crippen molar-refractivity contribution in [2.45, 2.75) is 31.7 Å². The van der Waals surface area contributed by atoms with E-state index < -0.39 is 0 Å². The van der Waals surface area contributed by atoms with Crippen molar-refractivity contribution in [1.29, 1.82) is 0 Å². The lowest BCUT2D eigenvalue weighted by atomic mass is 10.0. The summed E-state index contributed by atoms with van der Waals surface area (Å²) in [5.41, 5.74) is 0. The van der Waals surface area contributed by atoms with Gasteiger partial charge in [0.1, 0.15) is 0 Å². The van der Waals surface area contributed by atoms with Gasteiger partial charge >= 0.3 is 0 Å². The lowest BCUT2D eigenvalue weighted by Gasteiger charge is -2.23. The van der Waals surface area contributed by atoms with E-state index in [1.807, 2.05) is 7.05 Å². The van der Waals surface area contributed by atoms with E-state index in [2.05, 4.69) is 5.32 Å². The molecular weight excluding hydrogens is 190 g/mol. The second kappa shape index (κ2) is 5.83. The van der Waals surface area contributed by atoms with Crippen molar-refractivity contribution in [3.8, 4) is 0 Å². The fourth-order valence-electron chi connectivity index (χ4n) is 2.23. The number of likely N-dealkylation sites (N-methyl/N-ethyl adjacent to an activating group) is 1. The second-order valence-corrected chi connectivity index (χ2v) is 4.83. The molecule has 1 saturated carbocycles. The van der Waals surface area contributed by atoms with E-state index in [0.717, 1.165) is 38.3 Å². The zero-order valence-corrected chi connectivity index (χ0v) is 9.71. The minimum Gasteiger partial charge on any atom is -0.381 e. The van der Waals surface area contributed by atoms with Crippen molar-refractivity contribution in [3.63, 3.8) is 0 Å². The Kier molecular flexibility index (Phi) is 4.42. The van der Waals surface area contributed by atoms with Gasteiger partial charge in [0.15, 0.2) is 0 Å². The van der Waals surface area contributed by atoms with Gasteiger partial charge in [0.25, 0.3) is 0 Å². The summed E-state index contributed by atoms with van der Waals surface area (Å²) in [6.07, 6.45) is 5.11. The van der Waals surface area contributed by atoms with Crippen LogP contribution in [0.3, 0.4) is 0 Å². The fraction of sp³-hybridized carbons (Fsp3) is 1.00. The average molecular weight is 213 g/mol. The molecule has 15 heavy (non-hydrogen) atoms. The first-order valence-electron chi connectivity index (χ1n) is 6.23. The molecule has 88 valence electrons. The van der Waals surface area contributed by atoms with Gasteiger partial charge in [0.05, 0.1) is 6.61 Å².